The lowest BCUT2D eigenvalue weighted by Gasteiger charge is -2.22. The summed E-state index contributed by atoms with van der Waals surface area (Å²) in [5.74, 6) is -0.262. The van der Waals surface area contributed by atoms with Gasteiger partial charge in [-0.1, -0.05) is 67.6 Å². The highest BCUT2D eigenvalue weighted by molar-refractivity contribution is 6.31. The van der Waals surface area contributed by atoms with E-state index in [1.165, 1.54) is 0 Å². The molecule has 1 atom stereocenters. The van der Waals surface area contributed by atoms with Gasteiger partial charge >= 0.3 is 0 Å². The van der Waals surface area contributed by atoms with Crippen molar-refractivity contribution in [2.45, 2.75) is 24.6 Å². The van der Waals surface area contributed by atoms with E-state index in [1.54, 1.807) is 0 Å². The van der Waals surface area contributed by atoms with Gasteiger partial charge in [-0.05, 0) is 17.5 Å². The molecule has 0 aliphatic carbocycles. The summed E-state index contributed by atoms with van der Waals surface area (Å²) < 4.78 is 0. The Hall–Kier alpha value is -1.80. The van der Waals surface area contributed by atoms with Crippen molar-refractivity contribution < 1.29 is 4.79 Å². The minimum Gasteiger partial charge on any atom is -0.355 e. The lowest BCUT2D eigenvalue weighted by atomic mass is 9.88. The third-order valence-electron chi connectivity index (χ3n) is 3.41. The van der Waals surface area contributed by atoms with E-state index < -0.39 is 5.38 Å². The molecule has 0 heterocycles. The summed E-state index contributed by atoms with van der Waals surface area (Å²) in [6.07, 6.45) is 0.899. The molecule has 110 valence electrons. The Kier molecular flexibility index (Phi) is 5.82. The summed E-state index contributed by atoms with van der Waals surface area (Å²) in [5.41, 5.74) is 2.10. The van der Waals surface area contributed by atoms with Crippen LogP contribution < -0.4 is 5.32 Å². The third-order valence-corrected chi connectivity index (χ3v) is 3.86. The molecule has 1 N–H and O–H groups in total. The minimum absolute atomic E-state index is 0.115. The average molecular weight is 302 g/mol. The molecule has 0 radical (unpaired) electrons. The van der Waals surface area contributed by atoms with Crippen molar-refractivity contribution in [2.75, 3.05) is 6.54 Å². The predicted molar refractivity (Wildman–Crippen MR) is 87.7 cm³/mol. The first-order valence-corrected chi connectivity index (χ1v) is 7.69. The van der Waals surface area contributed by atoms with Gasteiger partial charge in [-0.2, -0.15) is 0 Å². The van der Waals surface area contributed by atoms with Crippen LogP contribution in [0, 0.1) is 0 Å². The van der Waals surface area contributed by atoms with Crippen molar-refractivity contribution in [2.24, 2.45) is 0 Å². The van der Waals surface area contributed by atoms with Crippen molar-refractivity contribution in [3.8, 4) is 0 Å². The number of benzene rings is 2. The van der Waals surface area contributed by atoms with Gasteiger partial charge in [-0.25, -0.2) is 0 Å². The maximum absolute atomic E-state index is 12.2. The summed E-state index contributed by atoms with van der Waals surface area (Å²) in [6, 6.07) is 19.9. The standard InChI is InChI=1S/C18H20ClNO/c1-2-13-20-18(21)17(19)16(14-9-5-3-6-10-14)15-11-7-4-8-12-15/h3-12,16-17H,2,13H2,1H3,(H,20,21). The lowest BCUT2D eigenvalue weighted by Crippen LogP contribution is -2.35. The molecule has 2 aromatic rings. The second-order valence-electron chi connectivity index (χ2n) is 4.99. The van der Waals surface area contributed by atoms with E-state index in [0.717, 1.165) is 17.5 Å². The van der Waals surface area contributed by atoms with Crippen molar-refractivity contribution in [1.29, 1.82) is 0 Å². The minimum atomic E-state index is -0.624. The van der Waals surface area contributed by atoms with E-state index in [4.69, 9.17) is 11.6 Å². The maximum atomic E-state index is 12.2. The fraction of sp³-hybridized carbons (Fsp3) is 0.278. The number of amides is 1. The number of hydrogen-bond donors (Lipinski definition) is 1. The number of rotatable bonds is 6. The van der Waals surface area contributed by atoms with Gasteiger partial charge in [0.25, 0.3) is 0 Å². The Morgan fingerprint density at radius 3 is 1.90 bits per heavy atom. The smallest absolute Gasteiger partial charge is 0.239 e. The molecule has 2 nitrogen and oxygen atoms in total. The number of carbonyl (C=O) groups is 1. The molecule has 1 unspecified atom stereocenters. The van der Waals surface area contributed by atoms with Crippen LogP contribution in [0.2, 0.25) is 0 Å². The van der Waals surface area contributed by atoms with E-state index in [0.29, 0.717) is 6.54 Å². The van der Waals surface area contributed by atoms with Gasteiger partial charge in [0.05, 0.1) is 0 Å². The third kappa shape index (κ3) is 4.08. The van der Waals surface area contributed by atoms with Crippen LogP contribution >= 0.6 is 11.6 Å². The first-order valence-electron chi connectivity index (χ1n) is 7.25. The van der Waals surface area contributed by atoms with Crippen LogP contribution in [0.15, 0.2) is 60.7 Å². The Bertz CT molecular complexity index is 516. The zero-order chi connectivity index (χ0) is 15.1. The zero-order valence-electron chi connectivity index (χ0n) is 12.1. The second-order valence-corrected chi connectivity index (χ2v) is 5.46. The molecule has 3 heteroatoms. The summed E-state index contributed by atoms with van der Waals surface area (Å²) >= 11 is 6.49. The van der Waals surface area contributed by atoms with Gasteiger partial charge in [0.2, 0.25) is 5.91 Å². The van der Waals surface area contributed by atoms with Crippen LogP contribution in [0.4, 0.5) is 0 Å². The fourth-order valence-corrected chi connectivity index (χ4v) is 2.72. The van der Waals surface area contributed by atoms with Crippen molar-refractivity contribution in [1.82, 2.24) is 5.32 Å². The van der Waals surface area contributed by atoms with Gasteiger partial charge in [0.1, 0.15) is 5.38 Å². The number of carbonyl (C=O) groups excluding carboxylic acids is 1. The van der Waals surface area contributed by atoms with Crippen LogP contribution in [0.1, 0.15) is 30.4 Å². The molecule has 0 aliphatic heterocycles. The molecular weight excluding hydrogens is 282 g/mol. The topological polar surface area (TPSA) is 29.1 Å². The summed E-state index contributed by atoms with van der Waals surface area (Å²) in [4.78, 5) is 12.2. The van der Waals surface area contributed by atoms with Gasteiger partial charge in [0.15, 0.2) is 0 Å². The normalized spacial score (nSPS) is 12.1. The van der Waals surface area contributed by atoms with E-state index in [1.807, 2.05) is 67.6 Å². The van der Waals surface area contributed by atoms with Gasteiger partial charge in [0, 0.05) is 12.5 Å². The molecule has 2 rings (SSSR count). The van der Waals surface area contributed by atoms with Gasteiger partial charge < -0.3 is 5.32 Å². The first kappa shape index (κ1) is 15.6. The number of nitrogens with one attached hydrogen (secondary N) is 1. The molecule has 2 aromatic carbocycles. The van der Waals surface area contributed by atoms with E-state index >= 15 is 0 Å². The maximum Gasteiger partial charge on any atom is 0.239 e. The molecule has 0 aliphatic rings. The SMILES string of the molecule is CCCNC(=O)C(Cl)C(c1ccccc1)c1ccccc1. The van der Waals surface area contributed by atoms with Crippen LogP contribution in [0.5, 0.6) is 0 Å². The largest absolute Gasteiger partial charge is 0.355 e. The summed E-state index contributed by atoms with van der Waals surface area (Å²) in [5, 5.41) is 2.26. The Balaban J connectivity index is 2.31. The quantitative estimate of drug-likeness (QED) is 0.804. The Labute approximate surface area is 131 Å². The Morgan fingerprint density at radius 2 is 1.48 bits per heavy atom. The Morgan fingerprint density at radius 1 is 1.00 bits per heavy atom. The van der Waals surface area contributed by atoms with Crippen molar-refractivity contribution in [3.05, 3.63) is 71.8 Å². The average Bonchev–Trinajstić information content (AvgIpc) is 2.54. The molecule has 0 saturated heterocycles. The zero-order valence-corrected chi connectivity index (χ0v) is 12.9. The van der Waals surface area contributed by atoms with E-state index in [9.17, 15) is 4.79 Å². The van der Waals surface area contributed by atoms with E-state index in [-0.39, 0.29) is 11.8 Å². The molecule has 0 fully saturated rings. The molecule has 0 spiro atoms. The molecule has 0 saturated carbocycles. The second kappa shape index (κ2) is 7.84. The highest BCUT2D eigenvalue weighted by Gasteiger charge is 2.28. The molecule has 21 heavy (non-hydrogen) atoms. The van der Waals surface area contributed by atoms with Crippen LogP contribution in [0.3, 0.4) is 0 Å². The van der Waals surface area contributed by atoms with Gasteiger partial charge in [-0.3, -0.25) is 4.79 Å². The fourth-order valence-electron chi connectivity index (χ4n) is 2.35. The highest BCUT2D eigenvalue weighted by atomic mass is 35.5. The predicted octanol–water partition coefficient (Wildman–Crippen LogP) is 3.95. The van der Waals surface area contributed by atoms with Gasteiger partial charge in [-0.15, -0.1) is 11.6 Å². The number of halogens is 1. The first-order chi connectivity index (χ1) is 10.2. The van der Waals surface area contributed by atoms with Crippen molar-refractivity contribution in [3.63, 3.8) is 0 Å². The monoisotopic (exact) mass is 301 g/mol. The number of hydrogen-bond acceptors (Lipinski definition) is 1. The molecular formula is C18H20ClNO. The summed E-state index contributed by atoms with van der Waals surface area (Å²) in [7, 11) is 0. The van der Waals surface area contributed by atoms with Crippen molar-refractivity contribution >= 4 is 17.5 Å². The molecule has 1 amide bonds. The van der Waals surface area contributed by atoms with Crippen LogP contribution in [-0.2, 0) is 4.79 Å². The number of alkyl halides is 1. The molecule has 0 bridgehead atoms. The van der Waals surface area contributed by atoms with Crippen LogP contribution in [0.25, 0.3) is 0 Å². The highest BCUT2D eigenvalue weighted by Crippen LogP contribution is 2.31. The van der Waals surface area contributed by atoms with Crippen LogP contribution in [-0.4, -0.2) is 17.8 Å². The van der Waals surface area contributed by atoms with E-state index in [2.05, 4.69) is 5.32 Å². The lowest BCUT2D eigenvalue weighted by molar-refractivity contribution is -0.120. The summed E-state index contributed by atoms with van der Waals surface area (Å²) in [6.45, 7) is 2.67. The molecule has 0 aromatic heterocycles.